The smallest absolute Gasteiger partial charge is 0.0177 e. The molecule has 0 heterocycles. The molecule has 0 amide bonds. The quantitative estimate of drug-likeness (QED) is 0.767. The van der Waals surface area contributed by atoms with Gasteiger partial charge in [-0.25, -0.2) is 0 Å². The highest BCUT2D eigenvalue weighted by Crippen LogP contribution is 2.62. The van der Waals surface area contributed by atoms with Crippen LogP contribution in [0.5, 0.6) is 0 Å². The third-order valence-corrected chi connectivity index (χ3v) is 7.08. The van der Waals surface area contributed by atoms with E-state index in [1.807, 2.05) is 0 Å². The first-order valence-corrected chi connectivity index (χ1v) is 8.59. The lowest BCUT2D eigenvalue weighted by atomic mass is 9.67. The molecule has 1 heteroatoms. The van der Waals surface area contributed by atoms with Gasteiger partial charge in [0, 0.05) is 12.1 Å². The van der Waals surface area contributed by atoms with E-state index in [4.69, 9.17) is 0 Å². The summed E-state index contributed by atoms with van der Waals surface area (Å²) < 4.78 is 0. The molecule has 0 aromatic rings. The van der Waals surface area contributed by atoms with Gasteiger partial charge in [-0.05, 0) is 67.1 Å². The molecule has 4 unspecified atom stereocenters. The molecule has 3 aliphatic carbocycles. The van der Waals surface area contributed by atoms with Crippen molar-refractivity contribution in [3.8, 4) is 0 Å². The Labute approximate surface area is 119 Å². The average Bonchev–Trinajstić information content (AvgIpc) is 2.78. The number of nitrogens with one attached hydrogen (secondary N) is 1. The van der Waals surface area contributed by atoms with Crippen LogP contribution in [0.15, 0.2) is 0 Å². The first-order valence-electron chi connectivity index (χ1n) is 8.59. The van der Waals surface area contributed by atoms with Crippen molar-refractivity contribution in [1.82, 2.24) is 5.32 Å². The Morgan fingerprint density at radius 1 is 1.00 bits per heavy atom. The maximum atomic E-state index is 4.15. The van der Waals surface area contributed by atoms with E-state index in [1.54, 1.807) is 0 Å². The number of rotatable bonds is 2. The molecule has 2 bridgehead atoms. The SMILES string of the molecule is CC1CCC(NC2C(C)(C)[C@H]3CC[C@]2(C)C3)C(C)C1. The van der Waals surface area contributed by atoms with Crippen molar-refractivity contribution in [3.05, 3.63) is 0 Å². The molecule has 1 N–H and O–H groups in total. The van der Waals surface area contributed by atoms with Gasteiger partial charge >= 0.3 is 0 Å². The van der Waals surface area contributed by atoms with Gasteiger partial charge in [-0.3, -0.25) is 0 Å². The average molecular weight is 263 g/mol. The van der Waals surface area contributed by atoms with E-state index in [1.165, 1.54) is 38.5 Å². The van der Waals surface area contributed by atoms with Gasteiger partial charge in [-0.2, -0.15) is 0 Å². The van der Waals surface area contributed by atoms with Gasteiger partial charge in [0.1, 0.15) is 0 Å². The number of hydrogen-bond donors (Lipinski definition) is 1. The Morgan fingerprint density at radius 3 is 2.32 bits per heavy atom. The van der Waals surface area contributed by atoms with Crippen molar-refractivity contribution >= 4 is 0 Å². The summed E-state index contributed by atoms with van der Waals surface area (Å²) in [4.78, 5) is 0. The predicted octanol–water partition coefficient (Wildman–Crippen LogP) is 4.62. The summed E-state index contributed by atoms with van der Waals surface area (Å²) >= 11 is 0. The second-order valence-corrected chi connectivity index (χ2v) is 9.02. The highest BCUT2D eigenvalue weighted by atomic mass is 15.0. The van der Waals surface area contributed by atoms with Crippen LogP contribution in [0.3, 0.4) is 0 Å². The fraction of sp³-hybridized carbons (Fsp3) is 1.00. The molecule has 0 saturated heterocycles. The second-order valence-electron chi connectivity index (χ2n) is 9.02. The molecule has 3 saturated carbocycles. The number of fused-ring (bicyclic) bond motifs is 2. The minimum atomic E-state index is 0.510. The van der Waals surface area contributed by atoms with Gasteiger partial charge in [0.2, 0.25) is 0 Å². The zero-order valence-electron chi connectivity index (χ0n) is 13.6. The van der Waals surface area contributed by atoms with Crippen molar-refractivity contribution in [1.29, 1.82) is 0 Å². The molecule has 0 aliphatic heterocycles. The molecular formula is C18H33N. The third kappa shape index (κ3) is 2.17. The first-order chi connectivity index (χ1) is 8.83. The summed E-state index contributed by atoms with van der Waals surface area (Å²) in [5.74, 6) is 2.77. The van der Waals surface area contributed by atoms with Crippen molar-refractivity contribution in [2.24, 2.45) is 28.6 Å². The minimum Gasteiger partial charge on any atom is -0.310 e. The van der Waals surface area contributed by atoms with E-state index in [0.717, 1.165) is 29.8 Å². The van der Waals surface area contributed by atoms with E-state index < -0.39 is 0 Å². The zero-order valence-corrected chi connectivity index (χ0v) is 13.6. The van der Waals surface area contributed by atoms with Gasteiger partial charge in [0.25, 0.3) is 0 Å². The van der Waals surface area contributed by atoms with E-state index in [-0.39, 0.29) is 0 Å². The van der Waals surface area contributed by atoms with E-state index in [0.29, 0.717) is 10.8 Å². The van der Waals surface area contributed by atoms with Gasteiger partial charge in [-0.1, -0.05) is 34.6 Å². The second kappa shape index (κ2) is 4.48. The fourth-order valence-electron chi connectivity index (χ4n) is 5.85. The predicted molar refractivity (Wildman–Crippen MR) is 82.1 cm³/mol. The number of hydrogen-bond acceptors (Lipinski definition) is 1. The highest BCUT2D eigenvalue weighted by Gasteiger charge is 2.59. The summed E-state index contributed by atoms with van der Waals surface area (Å²) in [6.45, 7) is 12.5. The Morgan fingerprint density at radius 2 is 1.74 bits per heavy atom. The van der Waals surface area contributed by atoms with Crippen molar-refractivity contribution in [2.45, 2.75) is 85.2 Å². The molecule has 3 fully saturated rings. The molecule has 110 valence electrons. The van der Waals surface area contributed by atoms with Crippen LogP contribution in [-0.2, 0) is 0 Å². The monoisotopic (exact) mass is 263 g/mol. The molecule has 0 radical (unpaired) electrons. The Bertz CT molecular complexity index is 343. The van der Waals surface area contributed by atoms with E-state index in [2.05, 4.69) is 39.9 Å². The molecule has 6 atom stereocenters. The summed E-state index contributed by atoms with van der Waals surface area (Å²) in [5.41, 5.74) is 1.09. The van der Waals surface area contributed by atoms with Crippen LogP contribution in [0.2, 0.25) is 0 Å². The van der Waals surface area contributed by atoms with Gasteiger partial charge < -0.3 is 5.32 Å². The van der Waals surface area contributed by atoms with Crippen LogP contribution in [0.4, 0.5) is 0 Å². The van der Waals surface area contributed by atoms with Crippen LogP contribution < -0.4 is 5.32 Å². The van der Waals surface area contributed by atoms with E-state index >= 15 is 0 Å². The van der Waals surface area contributed by atoms with Crippen LogP contribution in [0.25, 0.3) is 0 Å². The van der Waals surface area contributed by atoms with Crippen LogP contribution in [-0.4, -0.2) is 12.1 Å². The summed E-state index contributed by atoms with van der Waals surface area (Å²) in [6, 6.07) is 1.52. The van der Waals surface area contributed by atoms with Crippen molar-refractivity contribution in [3.63, 3.8) is 0 Å². The molecule has 0 aromatic heterocycles. The Kier molecular flexibility index (Phi) is 3.28. The molecule has 3 aliphatic rings. The molecule has 1 nitrogen and oxygen atoms in total. The van der Waals surface area contributed by atoms with Crippen LogP contribution >= 0.6 is 0 Å². The summed E-state index contributed by atoms with van der Waals surface area (Å²) in [7, 11) is 0. The van der Waals surface area contributed by atoms with E-state index in [9.17, 15) is 0 Å². The maximum absolute atomic E-state index is 4.15. The summed E-state index contributed by atoms with van der Waals surface area (Å²) in [5, 5.41) is 4.15. The maximum Gasteiger partial charge on any atom is 0.0177 e. The lowest BCUT2D eigenvalue weighted by molar-refractivity contribution is 0.0778. The highest BCUT2D eigenvalue weighted by molar-refractivity contribution is 5.12. The Balaban J connectivity index is 1.72. The minimum absolute atomic E-state index is 0.510. The van der Waals surface area contributed by atoms with Gasteiger partial charge in [0.15, 0.2) is 0 Å². The third-order valence-electron chi connectivity index (χ3n) is 7.08. The van der Waals surface area contributed by atoms with Gasteiger partial charge in [-0.15, -0.1) is 0 Å². The molecular weight excluding hydrogens is 230 g/mol. The molecule has 3 rings (SSSR count). The zero-order chi connectivity index (χ0) is 13.8. The summed E-state index contributed by atoms with van der Waals surface area (Å²) in [6.07, 6.45) is 8.64. The van der Waals surface area contributed by atoms with Crippen LogP contribution in [0.1, 0.15) is 73.1 Å². The first kappa shape index (κ1) is 13.9. The molecule has 0 spiro atoms. The standard InChI is InChI=1S/C18H33N/c1-12-6-7-15(13(2)10-12)19-16-17(3,4)14-8-9-18(16,5)11-14/h12-16,19H,6-11H2,1-5H3/t12?,13?,14-,15?,16?,18+/m0/s1. The normalized spacial score (nSPS) is 52.6. The largest absolute Gasteiger partial charge is 0.310 e. The molecule has 19 heavy (non-hydrogen) atoms. The Hall–Kier alpha value is -0.0400. The lowest BCUT2D eigenvalue weighted by Crippen LogP contribution is -2.55. The molecule has 0 aromatic carbocycles. The topological polar surface area (TPSA) is 12.0 Å². The van der Waals surface area contributed by atoms with Crippen molar-refractivity contribution in [2.75, 3.05) is 0 Å². The van der Waals surface area contributed by atoms with Crippen molar-refractivity contribution < 1.29 is 0 Å². The van der Waals surface area contributed by atoms with Gasteiger partial charge in [0.05, 0.1) is 0 Å². The lowest BCUT2D eigenvalue weighted by Gasteiger charge is -2.47. The van der Waals surface area contributed by atoms with Crippen LogP contribution in [0, 0.1) is 28.6 Å². The fourth-order valence-corrected chi connectivity index (χ4v) is 5.85.